The van der Waals surface area contributed by atoms with E-state index in [2.05, 4.69) is 0 Å². The van der Waals surface area contributed by atoms with Crippen molar-refractivity contribution in [3.8, 4) is 5.75 Å². The first-order chi connectivity index (χ1) is 7.65. The van der Waals surface area contributed by atoms with Crippen LogP contribution in [-0.2, 0) is 4.74 Å². The second-order valence-corrected chi connectivity index (χ2v) is 3.60. The van der Waals surface area contributed by atoms with Crippen molar-refractivity contribution in [1.29, 1.82) is 0 Å². The van der Waals surface area contributed by atoms with Crippen LogP contribution in [0, 0.1) is 12.7 Å². The minimum Gasteiger partial charge on any atom is -0.489 e. The molecule has 0 spiro atoms. The third-order valence-corrected chi connectivity index (χ3v) is 2.12. The van der Waals surface area contributed by atoms with Crippen LogP contribution in [0.5, 0.6) is 5.75 Å². The molecule has 3 nitrogen and oxygen atoms in total. The molecule has 1 aromatic rings. The van der Waals surface area contributed by atoms with Gasteiger partial charge in [-0.2, -0.15) is 0 Å². The Morgan fingerprint density at radius 3 is 2.69 bits per heavy atom. The van der Waals surface area contributed by atoms with Crippen LogP contribution in [0.15, 0.2) is 12.1 Å². The van der Waals surface area contributed by atoms with Crippen LogP contribution in [-0.4, -0.2) is 19.8 Å². The van der Waals surface area contributed by atoms with Crippen molar-refractivity contribution < 1.29 is 13.9 Å². The lowest BCUT2D eigenvalue weighted by Gasteiger charge is -2.10. The SMILES string of the molecule is CCCOCCOc1cc(C)c(F)cc1N. The lowest BCUT2D eigenvalue weighted by atomic mass is 10.2. The highest BCUT2D eigenvalue weighted by molar-refractivity contribution is 5.54. The molecule has 0 aliphatic rings. The van der Waals surface area contributed by atoms with Crippen LogP contribution in [0.3, 0.4) is 0 Å². The summed E-state index contributed by atoms with van der Waals surface area (Å²) >= 11 is 0. The topological polar surface area (TPSA) is 44.5 Å². The lowest BCUT2D eigenvalue weighted by Crippen LogP contribution is -2.08. The zero-order valence-electron chi connectivity index (χ0n) is 9.75. The van der Waals surface area contributed by atoms with Gasteiger partial charge in [0.2, 0.25) is 0 Å². The van der Waals surface area contributed by atoms with Gasteiger partial charge in [-0.15, -0.1) is 0 Å². The third kappa shape index (κ3) is 3.70. The first-order valence-electron chi connectivity index (χ1n) is 5.41. The Kier molecular flexibility index (Phi) is 5.05. The molecule has 90 valence electrons. The molecule has 0 atom stereocenters. The summed E-state index contributed by atoms with van der Waals surface area (Å²) in [4.78, 5) is 0. The maximum absolute atomic E-state index is 13.1. The molecule has 0 fully saturated rings. The number of halogens is 1. The van der Waals surface area contributed by atoms with Crippen LogP contribution in [0.25, 0.3) is 0 Å². The Morgan fingerprint density at radius 2 is 2.00 bits per heavy atom. The minimum atomic E-state index is -0.313. The molecule has 0 amide bonds. The molecule has 0 radical (unpaired) electrons. The standard InChI is InChI=1S/C12H18FNO2/c1-3-4-15-5-6-16-12-7-9(2)10(13)8-11(12)14/h7-8H,3-6,14H2,1-2H3. The Labute approximate surface area is 95.4 Å². The van der Waals surface area contributed by atoms with Crippen molar-refractivity contribution in [2.24, 2.45) is 0 Å². The minimum absolute atomic E-state index is 0.313. The quantitative estimate of drug-likeness (QED) is 0.600. The second-order valence-electron chi connectivity index (χ2n) is 3.60. The summed E-state index contributed by atoms with van der Waals surface area (Å²) in [5.41, 5.74) is 6.47. The molecule has 0 unspecified atom stereocenters. The third-order valence-electron chi connectivity index (χ3n) is 2.12. The van der Waals surface area contributed by atoms with E-state index in [4.69, 9.17) is 15.2 Å². The predicted octanol–water partition coefficient (Wildman–Crippen LogP) is 2.52. The fraction of sp³-hybridized carbons (Fsp3) is 0.500. The Balaban J connectivity index is 2.45. The maximum Gasteiger partial charge on any atom is 0.142 e. The Bertz CT molecular complexity index is 342. The molecule has 2 N–H and O–H groups in total. The van der Waals surface area contributed by atoms with Gasteiger partial charge in [-0.1, -0.05) is 6.92 Å². The number of rotatable bonds is 6. The number of nitrogens with two attached hydrogens (primary N) is 1. The molecule has 0 saturated heterocycles. The zero-order chi connectivity index (χ0) is 12.0. The van der Waals surface area contributed by atoms with Gasteiger partial charge in [0.05, 0.1) is 12.3 Å². The van der Waals surface area contributed by atoms with Gasteiger partial charge in [-0.05, 0) is 25.0 Å². The van der Waals surface area contributed by atoms with E-state index in [-0.39, 0.29) is 5.82 Å². The average molecular weight is 227 g/mol. The van der Waals surface area contributed by atoms with Crippen molar-refractivity contribution >= 4 is 5.69 Å². The van der Waals surface area contributed by atoms with Gasteiger partial charge in [-0.25, -0.2) is 4.39 Å². The maximum atomic E-state index is 13.1. The number of benzene rings is 1. The van der Waals surface area contributed by atoms with Gasteiger partial charge < -0.3 is 15.2 Å². The monoisotopic (exact) mass is 227 g/mol. The molecule has 1 rings (SSSR count). The molecule has 0 aliphatic heterocycles. The van der Waals surface area contributed by atoms with E-state index < -0.39 is 0 Å². The Morgan fingerprint density at radius 1 is 1.25 bits per heavy atom. The number of hydrogen-bond acceptors (Lipinski definition) is 3. The molecule has 0 saturated carbocycles. The van der Waals surface area contributed by atoms with Crippen molar-refractivity contribution in [3.05, 3.63) is 23.5 Å². The van der Waals surface area contributed by atoms with Gasteiger partial charge in [0.15, 0.2) is 0 Å². The number of nitrogen functional groups attached to an aromatic ring is 1. The zero-order valence-corrected chi connectivity index (χ0v) is 9.75. The summed E-state index contributed by atoms with van der Waals surface area (Å²) in [6.45, 7) is 5.39. The van der Waals surface area contributed by atoms with E-state index in [0.29, 0.717) is 30.2 Å². The summed E-state index contributed by atoms with van der Waals surface area (Å²) < 4.78 is 23.7. The van der Waals surface area contributed by atoms with Gasteiger partial charge in [0.1, 0.15) is 18.2 Å². The number of aryl methyl sites for hydroxylation is 1. The molecule has 0 bridgehead atoms. The molecule has 0 aromatic heterocycles. The largest absolute Gasteiger partial charge is 0.489 e. The fourth-order valence-corrected chi connectivity index (χ4v) is 1.25. The van der Waals surface area contributed by atoms with E-state index >= 15 is 0 Å². The molecule has 1 aromatic carbocycles. The smallest absolute Gasteiger partial charge is 0.142 e. The highest BCUT2D eigenvalue weighted by Gasteiger charge is 2.05. The highest BCUT2D eigenvalue weighted by Crippen LogP contribution is 2.24. The van der Waals surface area contributed by atoms with Crippen LogP contribution in [0.1, 0.15) is 18.9 Å². The number of hydrogen-bond donors (Lipinski definition) is 1. The van der Waals surface area contributed by atoms with E-state index in [0.717, 1.165) is 13.0 Å². The van der Waals surface area contributed by atoms with Gasteiger partial charge in [-0.3, -0.25) is 0 Å². The normalized spacial score (nSPS) is 10.4. The summed E-state index contributed by atoms with van der Waals surface area (Å²) in [7, 11) is 0. The fourth-order valence-electron chi connectivity index (χ4n) is 1.25. The van der Waals surface area contributed by atoms with E-state index in [1.54, 1.807) is 13.0 Å². The van der Waals surface area contributed by atoms with Gasteiger partial charge in [0, 0.05) is 12.7 Å². The van der Waals surface area contributed by atoms with Crippen LogP contribution in [0.4, 0.5) is 10.1 Å². The van der Waals surface area contributed by atoms with Crippen LogP contribution < -0.4 is 10.5 Å². The van der Waals surface area contributed by atoms with Crippen molar-refractivity contribution in [2.75, 3.05) is 25.6 Å². The molecule has 16 heavy (non-hydrogen) atoms. The van der Waals surface area contributed by atoms with Crippen molar-refractivity contribution in [2.45, 2.75) is 20.3 Å². The van der Waals surface area contributed by atoms with E-state index in [9.17, 15) is 4.39 Å². The second kappa shape index (κ2) is 6.33. The highest BCUT2D eigenvalue weighted by atomic mass is 19.1. The summed E-state index contributed by atoms with van der Waals surface area (Å²) in [6.07, 6.45) is 0.984. The molecule has 4 heteroatoms. The molecule has 0 aliphatic carbocycles. The van der Waals surface area contributed by atoms with Gasteiger partial charge in [0.25, 0.3) is 0 Å². The van der Waals surface area contributed by atoms with E-state index in [1.807, 2.05) is 6.92 Å². The van der Waals surface area contributed by atoms with Crippen LogP contribution >= 0.6 is 0 Å². The predicted molar refractivity (Wildman–Crippen MR) is 62.2 cm³/mol. The summed E-state index contributed by atoms with van der Waals surface area (Å²) in [6, 6.07) is 2.88. The van der Waals surface area contributed by atoms with Gasteiger partial charge >= 0.3 is 0 Å². The van der Waals surface area contributed by atoms with E-state index in [1.165, 1.54) is 6.07 Å². The lowest BCUT2D eigenvalue weighted by molar-refractivity contribution is 0.101. The van der Waals surface area contributed by atoms with Crippen molar-refractivity contribution in [1.82, 2.24) is 0 Å². The number of ether oxygens (including phenoxy) is 2. The Hall–Kier alpha value is -1.29. The number of anilines is 1. The summed E-state index contributed by atoms with van der Waals surface area (Å²) in [5.74, 6) is 0.200. The molecular formula is C12H18FNO2. The average Bonchev–Trinajstić information content (AvgIpc) is 2.25. The van der Waals surface area contributed by atoms with Crippen LogP contribution in [0.2, 0.25) is 0 Å². The molecular weight excluding hydrogens is 209 g/mol. The van der Waals surface area contributed by atoms with Crippen molar-refractivity contribution in [3.63, 3.8) is 0 Å². The first-order valence-corrected chi connectivity index (χ1v) is 5.41. The first kappa shape index (κ1) is 12.8. The summed E-state index contributed by atoms with van der Waals surface area (Å²) in [5, 5.41) is 0. The molecule has 0 heterocycles.